The van der Waals surface area contributed by atoms with Crippen LogP contribution in [0.1, 0.15) is 20.7 Å². The van der Waals surface area contributed by atoms with Crippen LogP contribution in [0.3, 0.4) is 0 Å². The molecule has 3 aromatic carbocycles. The zero-order valence-corrected chi connectivity index (χ0v) is 18.1. The van der Waals surface area contributed by atoms with E-state index in [4.69, 9.17) is 0 Å². The van der Waals surface area contributed by atoms with Gasteiger partial charge in [-0.1, -0.05) is 48.5 Å². The molecule has 0 unspecified atom stereocenters. The molecule has 6 heteroatoms. The Labute approximate surface area is 196 Å². The average molecular weight is 444 g/mol. The highest BCUT2D eigenvalue weighted by atomic mass is 16.2. The van der Waals surface area contributed by atoms with Crippen LogP contribution in [0, 0.1) is 0 Å². The van der Waals surface area contributed by atoms with Crippen LogP contribution >= 0.6 is 0 Å². The molecule has 0 aliphatic heterocycles. The van der Waals surface area contributed by atoms with Crippen LogP contribution in [0.5, 0.6) is 0 Å². The van der Waals surface area contributed by atoms with E-state index in [9.17, 15) is 9.59 Å². The normalized spacial score (nSPS) is 10.6. The van der Waals surface area contributed by atoms with E-state index in [1.54, 1.807) is 24.3 Å². The molecule has 0 aliphatic carbocycles. The molecule has 6 nitrogen and oxygen atoms in total. The van der Waals surface area contributed by atoms with Gasteiger partial charge in [0.05, 0.1) is 22.5 Å². The van der Waals surface area contributed by atoms with Crippen molar-refractivity contribution in [3.8, 4) is 11.4 Å². The number of nitrogens with zero attached hydrogens (tertiary/aromatic N) is 2. The quantitative estimate of drug-likeness (QED) is 0.359. The molecule has 5 rings (SSSR count). The summed E-state index contributed by atoms with van der Waals surface area (Å²) in [5.41, 5.74) is 3.54. The highest BCUT2D eigenvalue weighted by Crippen LogP contribution is 2.20. The summed E-state index contributed by atoms with van der Waals surface area (Å²) < 4.78 is 0. The lowest BCUT2D eigenvalue weighted by molar-refractivity contribution is 0.101. The first kappa shape index (κ1) is 21.0. The number of anilines is 2. The van der Waals surface area contributed by atoms with E-state index < -0.39 is 0 Å². The highest BCUT2D eigenvalue weighted by molar-refractivity contribution is 6.05. The minimum atomic E-state index is -0.241. The van der Waals surface area contributed by atoms with Gasteiger partial charge in [0.2, 0.25) is 0 Å². The minimum absolute atomic E-state index is 0.237. The van der Waals surface area contributed by atoms with Crippen molar-refractivity contribution >= 4 is 34.0 Å². The van der Waals surface area contributed by atoms with E-state index in [2.05, 4.69) is 20.6 Å². The SMILES string of the molecule is O=C(Nc1ccccc1)c1ccc(-c2ccc(C(=O)Nc3ccc4ccccc4c3)cn2)nc1. The molecule has 2 aromatic heterocycles. The van der Waals surface area contributed by atoms with Crippen molar-refractivity contribution in [3.05, 3.63) is 121 Å². The summed E-state index contributed by atoms with van der Waals surface area (Å²) in [7, 11) is 0. The van der Waals surface area contributed by atoms with Crippen molar-refractivity contribution in [3.63, 3.8) is 0 Å². The van der Waals surface area contributed by atoms with E-state index in [1.807, 2.05) is 72.8 Å². The fraction of sp³-hybridized carbons (Fsp3) is 0. The molecular formula is C28H20N4O2. The third-order valence-electron chi connectivity index (χ3n) is 5.35. The van der Waals surface area contributed by atoms with Gasteiger partial charge < -0.3 is 10.6 Å². The predicted molar refractivity (Wildman–Crippen MR) is 134 cm³/mol. The van der Waals surface area contributed by atoms with E-state index >= 15 is 0 Å². The zero-order chi connectivity index (χ0) is 23.3. The summed E-state index contributed by atoms with van der Waals surface area (Å²) in [6.45, 7) is 0. The molecule has 0 saturated carbocycles. The summed E-state index contributed by atoms with van der Waals surface area (Å²) in [5, 5.41) is 7.91. The number of hydrogen-bond donors (Lipinski definition) is 2. The second kappa shape index (κ2) is 9.34. The van der Waals surface area contributed by atoms with Crippen molar-refractivity contribution < 1.29 is 9.59 Å². The smallest absolute Gasteiger partial charge is 0.257 e. The molecule has 164 valence electrons. The number of aromatic nitrogens is 2. The van der Waals surface area contributed by atoms with Gasteiger partial charge >= 0.3 is 0 Å². The second-order valence-electron chi connectivity index (χ2n) is 7.70. The van der Waals surface area contributed by atoms with Crippen LogP contribution in [-0.4, -0.2) is 21.8 Å². The van der Waals surface area contributed by atoms with Gasteiger partial charge in [0.25, 0.3) is 11.8 Å². The van der Waals surface area contributed by atoms with Crippen molar-refractivity contribution in [1.29, 1.82) is 0 Å². The number of nitrogens with one attached hydrogen (secondary N) is 2. The lowest BCUT2D eigenvalue weighted by atomic mass is 10.1. The molecule has 2 amide bonds. The third kappa shape index (κ3) is 4.66. The molecule has 34 heavy (non-hydrogen) atoms. The standard InChI is InChI=1S/C28H20N4O2/c33-27(31-23-8-2-1-3-9-23)21-11-14-25(29-17-21)26-15-12-22(18-30-26)28(34)32-24-13-10-19-6-4-5-7-20(19)16-24/h1-18H,(H,31,33)(H,32,34). The van der Waals surface area contributed by atoms with Crippen LogP contribution in [0.15, 0.2) is 109 Å². The van der Waals surface area contributed by atoms with Crippen LogP contribution in [-0.2, 0) is 0 Å². The molecule has 0 spiro atoms. The maximum absolute atomic E-state index is 12.7. The fourth-order valence-electron chi connectivity index (χ4n) is 3.55. The molecule has 5 aromatic rings. The number of fused-ring (bicyclic) bond motifs is 1. The number of benzene rings is 3. The molecule has 0 bridgehead atoms. The molecular weight excluding hydrogens is 424 g/mol. The molecule has 0 fully saturated rings. The van der Waals surface area contributed by atoms with Gasteiger partial charge in [-0.2, -0.15) is 0 Å². The first-order valence-corrected chi connectivity index (χ1v) is 10.7. The van der Waals surface area contributed by atoms with Crippen molar-refractivity contribution in [2.24, 2.45) is 0 Å². The van der Waals surface area contributed by atoms with Gasteiger partial charge in [0.15, 0.2) is 0 Å². The summed E-state index contributed by atoms with van der Waals surface area (Å²) in [5.74, 6) is -0.478. The Morgan fingerprint density at radius 3 is 1.68 bits per heavy atom. The molecule has 0 atom stereocenters. The number of carbonyl (C=O) groups excluding carboxylic acids is 2. The first-order chi connectivity index (χ1) is 16.7. The minimum Gasteiger partial charge on any atom is -0.322 e. The van der Waals surface area contributed by atoms with Crippen LogP contribution in [0.25, 0.3) is 22.2 Å². The number of rotatable bonds is 5. The van der Waals surface area contributed by atoms with Gasteiger partial charge in [-0.15, -0.1) is 0 Å². The monoisotopic (exact) mass is 444 g/mol. The Morgan fingerprint density at radius 2 is 1.09 bits per heavy atom. The van der Waals surface area contributed by atoms with E-state index in [0.29, 0.717) is 22.5 Å². The third-order valence-corrected chi connectivity index (χ3v) is 5.35. The summed E-state index contributed by atoms with van der Waals surface area (Å²) in [6, 6.07) is 29.9. The molecule has 0 aliphatic rings. The Balaban J connectivity index is 1.26. The zero-order valence-electron chi connectivity index (χ0n) is 18.1. The number of hydrogen-bond acceptors (Lipinski definition) is 4. The van der Waals surface area contributed by atoms with E-state index in [1.165, 1.54) is 12.4 Å². The van der Waals surface area contributed by atoms with Crippen LogP contribution in [0.4, 0.5) is 11.4 Å². The van der Waals surface area contributed by atoms with Gasteiger partial charge in [0, 0.05) is 23.8 Å². The number of para-hydroxylation sites is 1. The summed E-state index contributed by atoms with van der Waals surface area (Å²) in [6.07, 6.45) is 3.03. The van der Waals surface area contributed by atoms with Crippen molar-refractivity contribution in [2.75, 3.05) is 10.6 Å². The Kier molecular flexibility index (Phi) is 5.78. The highest BCUT2D eigenvalue weighted by Gasteiger charge is 2.11. The predicted octanol–water partition coefficient (Wildman–Crippen LogP) is 5.80. The number of amides is 2. The van der Waals surface area contributed by atoms with Crippen LogP contribution in [0.2, 0.25) is 0 Å². The Bertz CT molecular complexity index is 1460. The lowest BCUT2D eigenvalue weighted by Crippen LogP contribution is -2.12. The number of pyridine rings is 2. The van der Waals surface area contributed by atoms with Gasteiger partial charge in [-0.3, -0.25) is 19.6 Å². The maximum Gasteiger partial charge on any atom is 0.257 e. The second-order valence-corrected chi connectivity index (χ2v) is 7.70. The molecule has 2 N–H and O–H groups in total. The topological polar surface area (TPSA) is 84.0 Å². The van der Waals surface area contributed by atoms with Crippen molar-refractivity contribution in [1.82, 2.24) is 9.97 Å². The molecule has 2 heterocycles. The van der Waals surface area contributed by atoms with Gasteiger partial charge in [-0.05, 0) is 59.3 Å². The van der Waals surface area contributed by atoms with E-state index in [-0.39, 0.29) is 11.8 Å². The number of carbonyl (C=O) groups is 2. The fourth-order valence-corrected chi connectivity index (χ4v) is 3.55. The van der Waals surface area contributed by atoms with Crippen LogP contribution < -0.4 is 10.6 Å². The largest absolute Gasteiger partial charge is 0.322 e. The van der Waals surface area contributed by atoms with Gasteiger partial charge in [-0.25, -0.2) is 0 Å². The lowest BCUT2D eigenvalue weighted by Gasteiger charge is -2.08. The Morgan fingerprint density at radius 1 is 0.529 bits per heavy atom. The summed E-state index contributed by atoms with van der Waals surface area (Å²) >= 11 is 0. The first-order valence-electron chi connectivity index (χ1n) is 10.7. The Hall–Kier alpha value is -4.84. The molecule has 0 radical (unpaired) electrons. The maximum atomic E-state index is 12.7. The summed E-state index contributed by atoms with van der Waals surface area (Å²) in [4.78, 5) is 33.8. The van der Waals surface area contributed by atoms with E-state index in [0.717, 1.165) is 22.1 Å². The van der Waals surface area contributed by atoms with Crippen molar-refractivity contribution in [2.45, 2.75) is 0 Å². The molecule has 0 saturated heterocycles. The van der Waals surface area contributed by atoms with Gasteiger partial charge in [0.1, 0.15) is 0 Å². The average Bonchev–Trinajstić information content (AvgIpc) is 2.89.